The molecule has 1 saturated heterocycles. The Labute approximate surface area is 218 Å². The molecule has 2 heterocycles. The molecule has 1 unspecified atom stereocenters. The van der Waals surface area contributed by atoms with Gasteiger partial charge in [-0.3, -0.25) is 19.3 Å². The lowest BCUT2D eigenvalue weighted by molar-refractivity contribution is -0.158. The van der Waals surface area contributed by atoms with Gasteiger partial charge in [0, 0.05) is 25.0 Å². The summed E-state index contributed by atoms with van der Waals surface area (Å²) in [4.78, 5) is 46.0. The summed E-state index contributed by atoms with van der Waals surface area (Å²) in [5.74, 6) is -1.87. The number of aliphatic carboxylic acids is 1. The number of benzene rings is 1. The third-order valence-electron chi connectivity index (χ3n) is 9.19. The number of fused-ring (bicyclic) bond motifs is 1. The number of methoxy groups -OCH3 is 1. The van der Waals surface area contributed by atoms with Gasteiger partial charge in [-0.2, -0.15) is 0 Å². The van der Waals surface area contributed by atoms with Crippen LogP contribution in [-0.2, 0) is 14.3 Å². The number of carboxylic acid groups (broad SMARTS) is 1. The molecule has 8 heteroatoms. The van der Waals surface area contributed by atoms with E-state index in [-0.39, 0.29) is 23.5 Å². The van der Waals surface area contributed by atoms with Crippen LogP contribution in [0.15, 0.2) is 29.1 Å². The number of carbonyl (C=O) groups excluding carboxylic acids is 1. The number of esters is 1. The Hall–Kier alpha value is -2.74. The minimum absolute atomic E-state index is 0.0247. The minimum Gasteiger partial charge on any atom is -0.481 e. The molecule has 0 amide bonds. The Morgan fingerprint density at radius 2 is 1.65 bits per heavy atom. The maximum Gasteiger partial charge on any atom is 0.326 e. The molecule has 3 aliphatic rings. The number of likely N-dealkylation sites (tertiary alicyclic amines) is 1. The smallest absolute Gasteiger partial charge is 0.326 e. The summed E-state index contributed by atoms with van der Waals surface area (Å²) in [6.07, 6.45) is 10.8. The van der Waals surface area contributed by atoms with Gasteiger partial charge in [-0.05, 0) is 50.7 Å². The van der Waals surface area contributed by atoms with Crippen LogP contribution in [0.4, 0.5) is 0 Å². The summed E-state index contributed by atoms with van der Waals surface area (Å²) in [6, 6.07) is 7.66. The highest BCUT2D eigenvalue weighted by Gasteiger charge is 2.46. The van der Waals surface area contributed by atoms with Crippen molar-refractivity contribution in [2.24, 2.45) is 5.92 Å². The van der Waals surface area contributed by atoms with E-state index in [0.717, 1.165) is 81.9 Å². The fourth-order valence-electron chi connectivity index (χ4n) is 7.24. The van der Waals surface area contributed by atoms with Gasteiger partial charge in [-0.1, -0.05) is 50.7 Å². The highest BCUT2D eigenvalue weighted by molar-refractivity contribution is 5.81. The Kier molecular flexibility index (Phi) is 7.65. The van der Waals surface area contributed by atoms with Gasteiger partial charge in [0.2, 0.25) is 0 Å². The van der Waals surface area contributed by atoms with E-state index in [1.165, 1.54) is 13.5 Å². The van der Waals surface area contributed by atoms with Gasteiger partial charge >= 0.3 is 11.9 Å². The van der Waals surface area contributed by atoms with Gasteiger partial charge in [-0.25, -0.2) is 4.98 Å². The van der Waals surface area contributed by atoms with Crippen LogP contribution in [0.3, 0.4) is 0 Å². The summed E-state index contributed by atoms with van der Waals surface area (Å²) in [5, 5.41) is 9.77. The van der Waals surface area contributed by atoms with Crippen molar-refractivity contribution in [1.29, 1.82) is 0 Å². The summed E-state index contributed by atoms with van der Waals surface area (Å²) in [7, 11) is 1.49. The van der Waals surface area contributed by atoms with Gasteiger partial charge in [0.05, 0.1) is 24.1 Å². The van der Waals surface area contributed by atoms with E-state index in [2.05, 4.69) is 4.90 Å². The Balaban J connectivity index is 1.46. The molecule has 200 valence electrons. The number of para-hydroxylation sites is 2. The molecule has 2 atom stereocenters. The normalized spacial score (nSPS) is 25.4. The number of hydrogen-bond donors (Lipinski definition) is 1. The second-order valence-electron chi connectivity index (χ2n) is 11.2. The number of rotatable bonds is 5. The minimum atomic E-state index is -0.843. The predicted molar refractivity (Wildman–Crippen MR) is 141 cm³/mol. The van der Waals surface area contributed by atoms with Crippen LogP contribution in [0.2, 0.25) is 0 Å². The van der Waals surface area contributed by atoms with Crippen LogP contribution in [0, 0.1) is 5.92 Å². The molecule has 1 aromatic heterocycles. The second-order valence-corrected chi connectivity index (χ2v) is 11.2. The maximum absolute atomic E-state index is 13.9. The number of piperidine rings is 1. The van der Waals surface area contributed by atoms with E-state index in [1.54, 1.807) is 0 Å². The fraction of sp³-hybridized carbons (Fsp3) is 0.655. The molecule has 3 fully saturated rings. The summed E-state index contributed by atoms with van der Waals surface area (Å²) in [6.45, 7) is 1.44. The molecule has 2 saturated carbocycles. The predicted octanol–water partition coefficient (Wildman–Crippen LogP) is 4.66. The van der Waals surface area contributed by atoms with Crippen molar-refractivity contribution in [1.82, 2.24) is 14.5 Å². The van der Waals surface area contributed by atoms with E-state index in [0.29, 0.717) is 18.5 Å². The number of carbonyl (C=O) groups is 2. The first-order chi connectivity index (χ1) is 18.0. The van der Waals surface area contributed by atoms with Crippen LogP contribution in [0.5, 0.6) is 0 Å². The molecule has 5 rings (SSSR count). The Morgan fingerprint density at radius 3 is 2.32 bits per heavy atom. The third-order valence-corrected chi connectivity index (χ3v) is 9.19. The van der Waals surface area contributed by atoms with Crippen molar-refractivity contribution in [3.8, 4) is 0 Å². The van der Waals surface area contributed by atoms with Gasteiger partial charge in [0.25, 0.3) is 5.56 Å². The first-order valence-corrected chi connectivity index (χ1v) is 14.0. The van der Waals surface area contributed by atoms with E-state index < -0.39 is 17.4 Å². The molecule has 0 spiro atoms. The molecule has 0 radical (unpaired) electrons. The fourth-order valence-corrected chi connectivity index (χ4v) is 7.24. The van der Waals surface area contributed by atoms with Gasteiger partial charge in [0.1, 0.15) is 11.2 Å². The molecular weight excluding hydrogens is 470 g/mol. The number of hydrogen-bond acceptors (Lipinski definition) is 6. The van der Waals surface area contributed by atoms with Gasteiger partial charge in [-0.15, -0.1) is 0 Å². The van der Waals surface area contributed by atoms with Crippen molar-refractivity contribution >= 4 is 23.0 Å². The van der Waals surface area contributed by atoms with Crippen molar-refractivity contribution in [2.45, 2.75) is 94.5 Å². The monoisotopic (exact) mass is 509 g/mol. The molecule has 0 bridgehead atoms. The lowest BCUT2D eigenvalue weighted by Crippen LogP contribution is -2.58. The molecule has 1 aromatic carbocycles. The SMILES string of the molecule is COC(=O)C1(N2CCC(n3c(=O)c(C4CCC[C@H]4C(=O)O)nc4ccccc43)CC2)CCCCCCC1. The second kappa shape index (κ2) is 10.9. The largest absolute Gasteiger partial charge is 0.481 e. The number of ether oxygens (including phenoxy) is 1. The first kappa shape index (κ1) is 25.9. The van der Waals surface area contributed by atoms with Crippen LogP contribution in [0.1, 0.15) is 94.7 Å². The lowest BCUT2D eigenvalue weighted by Gasteiger charge is -2.46. The lowest BCUT2D eigenvalue weighted by atomic mass is 9.81. The van der Waals surface area contributed by atoms with Crippen LogP contribution >= 0.6 is 0 Å². The van der Waals surface area contributed by atoms with Crippen LogP contribution < -0.4 is 5.56 Å². The molecule has 2 aliphatic carbocycles. The zero-order valence-electron chi connectivity index (χ0n) is 21.9. The molecular formula is C29H39N3O5. The van der Waals surface area contributed by atoms with E-state index in [9.17, 15) is 19.5 Å². The standard InChI is InChI=1S/C29H39N3O5/c1-37-28(36)29(16-7-3-2-4-8-17-29)31-18-14-20(15-19-31)32-24-13-6-5-12-23(24)30-25(26(32)33)21-10-9-11-22(21)27(34)35/h5-6,12-13,20-22H,2-4,7-11,14-19H2,1H3,(H,34,35)/t21?,22-/m1/s1. The van der Waals surface area contributed by atoms with E-state index in [4.69, 9.17) is 9.72 Å². The number of nitrogens with zero attached hydrogens (tertiary/aromatic N) is 3. The zero-order chi connectivity index (χ0) is 26.0. The Morgan fingerprint density at radius 1 is 0.973 bits per heavy atom. The zero-order valence-corrected chi connectivity index (χ0v) is 21.9. The third kappa shape index (κ3) is 4.80. The Bertz CT molecular complexity index is 1190. The van der Waals surface area contributed by atoms with Crippen LogP contribution in [0.25, 0.3) is 11.0 Å². The molecule has 37 heavy (non-hydrogen) atoms. The van der Waals surface area contributed by atoms with E-state index in [1.807, 2.05) is 28.8 Å². The summed E-state index contributed by atoms with van der Waals surface area (Å²) < 4.78 is 7.23. The van der Waals surface area contributed by atoms with Crippen molar-refractivity contribution in [2.75, 3.05) is 20.2 Å². The van der Waals surface area contributed by atoms with Crippen LogP contribution in [-0.4, -0.2) is 57.2 Å². The van der Waals surface area contributed by atoms with Crippen molar-refractivity contribution in [3.63, 3.8) is 0 Å². The van der Waals surface area contributed by atoms with E-state index >= 15 is 0 Å². The highest BCUT2D eigenvalue weighted by Crippen LogP contribution is 2.40. The topological polar surface area (TPSA) is 102 Å². The first-order valence-electron chi connectivity index (χ1n) is 14.0. The van der Waals surface area contributed by atoms with Gasteiger partial charge < -0.3 is 14.4 Å². The molecule has 2 aromatic rings. The van der Waals surface area contributed by atoms with Gasteiger partial charge in [0.15, 0.2) is 0 Å². The highest BCUT2D eigenvalue weighted by atomic mass is 16.5. The molecule has 1 aliphatic heterocycles. The average Bonchev–Trinajstić information content (AvgIpc) is 3.39. The summed E-state index contributed by atoms with van der Waals surface area (Å²) in [5.41, 5.74) is 1.21. The maximum atomic E-state index is 13.9. The van der Waals surface area contributed by atoms with Crippen molar-refractivity contribution < 1.29 is 19.4 Å². The van der Waals surface area contributed by atoms with Crippen molar-refractivity contribution in [3.05, 3.63) is 40.3 Å². The number of aromatic nitrogens is 2. The molecule has 1 N–H and O–H groups in total. The molecule has 8 nitrogen and oxygen atoms in total. The number of carboxylic acids is 1. The quantitative estimate of drug-likeness (QED) is 0.585. The summed E-state index contributed by atoms with van der Waals surface area (Å²) >= 11 is 0. The average molecular weight is 510 g/mol.